The number of carbonyl (C=O) groups is 1. The van der Waals surface area contributed by atoms with Gasteiger partial charge in [0.15, 0.2) is 0 Å². The molecule has 2 fully saturated rings. The van der Waals surface area contributed by atoms with Gasteiger partial charge in [-0.05, 0) is 56.4 Å². The van der Waals surface area contributed by atoms with Crippen molar-refractivity contribution in [2.75, 3.05) is 37.7 Å². The van der Waals surface area contributed by atoms with Crippen LogP contribution in [-0.4, -0.2) is 67.3 Å². The first-order valence-electron chi connectivity index (χ1n) is 14.1. The van der Waals surface area contributed by atoms with E-state index in [1.54, 1.807) is 24.3 Å². The van der Waals surface area contributed by atoms with Crippen LogP contribution in [0.4, 0.5) is 10.1 Å². The van der Waals surface area contributed by atoms with E-state index in [9.17, 15) is 9.18 Å². The first-order chi connectivity index (χ1) is 19.8. The highest BCUT2D eigenvalue weighted by atomic mass is 35.5. The monoisotopic (exact) mass is 585 g/mol. The van der Waals surface area contributed by atoms with Gasteiger partial charge >= 0.3 is 0 Å². The first-order valence-corrected chi connectivity index (χ1v) is 14.5. The molecule has 12 heteroatoms. The Morgan fingerprint density at radius 2 is 1.98 bits per heavy atom. The van der Waals surface area contributed by atoms with Crippen LogP contribution in [0.5, 0.6) is 5.75 Å². The van der Waals surface area contributed by atoms with Crippen molar-refractivity contribution in [3.05, 3.63) is 58.4 Å². The van der Waals surface area contributed by atoms with Crippen LogP contribution in [0.3, 0.4) is 0 Å². The van der Waals surface area contributed by atoms with Crippen LogP contribution in [0.2, 0.25) is 5.02 Å². The predicted octanol–water partition coefficient (Wildman–Crippen LogP) is 3.62. The lowest BCUT2D eigenvalue weighted by molar-refractivity contribution is -0.0292. The highest BCUT2D eigenvalue weighted by Crippen LogP contribution is 2.43. The van der Waals surface area contributed by atoms with Gasteiger partial charge in [-0.2, -0.15) is 4.99 Å². The van der Waals surface area contributed by atoms with Gasteiger partial charge in [0, 0.05) is 32.2 Å². The Balaban J connectivity index is 1.31. The molecule has 0 radical (unpaired) electrons. The van der Waals surface area contributed by atoms with Crippen molar-refractivity contribution in [1.29, 1.82) is 0 Å². The van der Waals surface area contributed by atoms with Crippen LogP contribution in [0, 0.1) is 5.82 Å². The van der Waals surface area contributed by atoms with Crippen molar-refractivity contribution in [2.45, 2.75) is 57.3 Å². The first kappa shape index (κ1) is 29.1. The number of hydrogen-bond donors (Lipinski definition) is 3. The van der Waals surface area contributed by atoms with Gasteiger partial charge in [-0.25, -0.2) is 9.38 Å². The quantitative estimate of drug-likeness (QED) is 0.431. The van der Waals surface area contributed by atoms with E-state index in [1.807, 2.05) is 11.8 Å². The van der Waals surface area contributed by atoms with E-state index in [1.165, 1.54) is 12.1 Å². The molecule has 5 N–H and O–H groups in total. The SMILES string of the molecule is CCOc1cc(N2C(N)=NC(N)=NC23CCCCC3)c(Cl)cc1C(=O)NCC1CN(Cc2ccc(F)cc2)CCO1. The Morgan fingerprint density at radius 3 is 2.71 bits per heavy atom. The molecule has 3 aliphatic rings. The second-order valence-corrected chi connectivity index (χ2v) is 11.0. The van der Waals surface area contributed by atoms with Crippen molar-refractivity contribution in [2.24, 2.45) is 21.5 Å². The molecule has 1 aliphatic carbocycles. The Kier molecular flexibility index (Phi) is 8.96. The number of carbonyl (C=O) groups excluding carboxylic acids is 1. The number of aliphatic imine (C=N–C) groups is 2. The third-order valence-electron chi connectivity index (χ3n) is 7.72. The second kappa shape index (κ2) is 12.6. The van der Waals surface area contributed by atoms with Crippen molar-refractivity contribution in [1.82, 2.24) is 10.2 Å². The molecule has 1 amide bonds. The molecule has 1 unspecified atom stereocenters. The van der Waals surface area contributed by atoms with Crippen molar-refractivity contribution in [3.63, 3.8) is 0 Å². The van der Waals surface area contributed by atoms with E-state index < -0.39 is 5.66 Å². The summed E-state index contributed by atoms with van der Waals surface area (Å²) < 4.78 is 25.1. The number of anilines is 1. The highest BCUT2D eigenvalue weighted by molar-refractivity contribution is 6.34. The second-order valence-electron chi connectivity index (χ2n) is 10.6. The molecule has 0 bridgehead atoms. The summed E-state index contributed by atoms with van der Waals surface area (Å²) in [7, 11) is 0. The number of halogens is 2. The fraction of sp³-hybridized carbons (Fsp3) is 0.483. The molecule has 10 nitrogen and oxygen atoms in total. The highest BCUT2D eigenvalue weighted by Gasteiger charge is 2.43. The van der Waals surface area contributed by atoms with Gasteiger partial charge in [-0.15, -0.1) is 0 Å². The van der Waals surface area contributed by atoms with E-state index in [0.717, 1.165) is 44.2 Å². The lowest BCUT2D eigenvalue weighted by atomic mass is 9.87. The Morgan fingerprint density at radius 1 is 1.22 bits per heavy atom. The molecule has 2 heterocycles. The standard InChI is InChI=1S/C29H37ClFN7O3/c1-2-40-25-15-24(38-28(33)35-27(32)36-29(38)10-4-3-5-11-29)23(30)14-22(25)26(39)34-16-21-18-37(12-13-41-21)17-19-6-8-20(31)9-7-19/h6-9,14-15,21H,2-5,10-13,16-18H2,1H3,(H,34,39)(H4,32,33,35,36). The lowest BCUT2D eigenvalue weighted by Crippen LogP contribution is -2.58. The Hall–Kier alpha value is -3.41. The number of guanidine groups is 2. The van der Waals surface area contributed by atoms with Gasteiger partial charge in [-0.3, -0.25) is 14.6 Å². The fourth-order valence-corrected chi connectivity index (χ4v) is 6.08. The molecular weight excluding hydrogens is 549 g/mol. The topological polar surface area (TPSA) is 131 Å². The van der Waals surface area contributed by atoms with Gasteiger partial charge in [-0.1, -0.05) is 30.2 Å². The summed E-state index contributed by atoms with van der Waals surface area (Å²) in [6.07, 6.45) is 4.37. The molecule has 5 rings (SSSR count). The molecular formula is C29H37ClFN7O3. The average Bonchev–Trinajstić information content (AvgIpc) is 2.95. The van der Waals surface area contributed by atoms with Crippen molar-refractivity contribution in [3.8, 4) is 5.75 Å². The lowest BCUT2D eigenvalue weighted by Gasteiger charge is -2.46. The van der Waals surface area contributed by atoms with Gasteiger partial charge < -0.3 is 26.3 Å². The van der Waals surface area contributed by atoms with Gasteiger partial charge in [0.2, 0.25) is 11.9 Å². The molecule has 2 aromatic rings. The minimum absolute atomic E-state index is 0.152. The maximum Gasteiger partial charge on any atom is 0.255 e. The zero-order chi connectivity index (χ0) is 29.0. The van der Waals surface area contributed by atoms with Crippen LogP contribution in [0.1, 0.15) is 54.9 Å². The zero-order valence-corrected chi connectivity index (χ0v) is 24.0. The number of hydrogen-bond acceptors (Lipinski definition) is 9. The summed E-state index contributed by atoms with van der Waals surface area (Å²) >= 11 is 6.82. The van der Waals surface area contributed by atoms with Crippen LogP contribution >= 0.6 is 11.6 Å². The smallest absolute Gasteiger partial charge is 0.255 e. The molecule has 1 atom stereocenters. The third kappa shape index (κ3) is 6.58. The molecule has 1 saturated heterocycles. The number of nitrogens with two attached hydrogens (primary N) is 2. The average molecular weight is 586 g/mol. The van der Waals surface area contributed by atoms with Gasteiger partial charge in [0.25, 0.3) is 5.91 Å². The minimum atomic E-state index is -0.677. The number of morpholine rings is 1. The Labute approximate surface area is 244 Å². The summed E-state index contributed by atoms with van der Waals surface area (Å²) in [4.78, 5) is 26.4. The molecule has 2 aliphatic heterocycles. The van der Waals surface area contributed by atoms with E-state index in [0.29, 0.717) is 54.9 Å². The summed E-state index contributed by atoms with van der Waals surface area (Å²) in [5.41, 5.74) is 13.6. The number of ether oxygens (including phenoxy) is 2. The van der Waals surface area contributed by atoms with Gasteiger partial charge in [0.1, 0.15) is 17.2 Å². The van der Waals surface area contributed by atoms with E-state index in [4.69, 9.17) is 37.5 Å². The maximum atomic E-state index is 13.4. The zero-order valence-electron chi connectivity index (χ0n) is 23.2. The van der Waals surface area contributed by atoms with Crippen LogP contribution in [0.15, 0.2) is 46.4 Å². The maximum absolute atomic E-state index is 13.4. The van der Waals surface area contributed by atoms with Crippen molar-refractivity contribution >= 4 is 35.1 Å². The Bertz CT molecular complexity index is 1310. The number of nitrogens with zero attached hydrogens (tertiary/aromatic N) is 4. The number of amides is 1. The normalized spacial score (nSPS) is 20.9. The molecule has 41 heavy (non-hydrogen) atoms. The summed E-state index contributed by atoms with van der Waals surface area (Å²) in [5.74, 6) is 0.166. The van der Waals surface area contributed by atoms with E-state index in [-0.39, 0.29) is 29.7 Å². The fourth-order valence-electron chi connectivity index (χ4n) is 5.83. The summed E-state index contributed by atoms with van der Waals surface area (Å²) in [6, 6.07) is 9.83. The van der Waals surface area contributed by atoms with Crippen LogP contribution in [0.25, 0.3) is 0 Å². The molecule has 1 saturated carbocycles. The predicted molar refractivity (Wildman–Crippen MR) is 158 cm³/mol. The van der Waals surface area contributed by atoms with E-state index in [2.05, 4.69) is 15.2 Å². The molecule has 2 aromatic carbocycles. The van der Waals surface area contributed by atoms with Crippen molar-refractivity contribution < 1.29 is 18.7 Å². The van der Waals surface area contributed by atoms with E-state index >= 15 is 0 Å². The van der Waals surface area contributed by atoms with Crippen LogP contribution < -0.4 is 26.4 Å². The summed E-state index contributed by atoms with van der Waals surface area (Å²) in [6.45, 7) is 5.13. The molecule has 220 valence electrons. The largest absolute Gasteiger partial charge is 0.493 e. The number of benzene rings is 2. The summed E-state index contributed by atoms with van der Waals surface area (Å²) in [5, 5.41) is 3.31. The molecule has 0 aromatic heterocycles. The minimum Gasteiger partial charge on any atom is -0.493 e. The third-order valence-corrected chi connectivity index (χ3v) is 8.02. The van der Waals surface area contributed by atoms with Crippen LogP contribution in [-0.2, 0) is 11.3 Å². The molecule has 1 spiro atoms. The number of rotatable bonds is 8. The van der Waals surface area contributed by atoms with Gasteiger partial charge in [0.05, 0.1) is 35.6 Å². The number of nitrogens with one attached hydrogen (secondary N) is 1.